The zero-order chi connectivity index (χ0) is 21.3. The van der Waals surface area contributed by atoms with Crippen LogP contribution in [-0.2, 0) is 24.2 Å². The first-order chi connectivity index (χ1) is 14.5. The molecule has 1 aliphatic rings. The summed E-state index contributed by atoms with van der Waals surface area (Å²) >= 11 is 0. The number of carbonyl (C=O) groups is 2. The quantitative estimate of drug-likeness (QED) is 0.500. The molecule has 0 saturated carbocycles. The molecule has 0 radical (unpaired) electrons. The Balaban J connectivity index is 1.82. The topological polar surface area (TPSA) is 104 Å². The minimum absolute atomic E-state index is 0.0291. The van der Waals surface area contributed by atoms with Gasteiger partial charge in [-0.3, -0.25) is 9.36 Å². The highest BCUT2D eigenvalue weighted by atomic mass is 16.4. The number of aliphatic hydroxyl groups excluding tert-OH is 1. The van der Waals surface area contributed by atoms with Gasteiger partial charge in [0.15, 0.2) is 6.04 Å². The van der Waals surface area contributed by atoms with E-state index in [0.717, 1.165) is 40.7 Å². The molecule has 0 aliphatic carbocycles. The fourth-order valence-corrected chi connectivity index (χ4v) is 4.15. The van der Waals surface area contributed by atoms with Crippen molar-refractivity contribution < 1.29 is 19.8 Å². The van der Waals surface area contributed by atoms with Crippen molar-refractivity contribution in [1.29, 1.82) is 0 Å². The van der Waals surface area contributed by atoms with Crippen LogP contribution in [0.4, 0.5) is 5.69 Å². The van der Waals surface area contributed by atoms with E-state index in [1.165, 1.54) is 6.92 Å². The number of anilines is 1. The molecule has 2 atom stereocenters. The second-order valence-corrected chi connectivity index (χ2v) is 7.64. The highest BCUT2D eigenvalue weighted by Crippen LogP contribution is 2.35. The van der Waals surface area contributed by atoms with Crippen molar-refractivity contribution >= 4 is 28.5 Å². The summed E-state index contributed by atoms with van der Waals surface area (Å²) in [5, 5.41) is 26.5. The molecule has 2 unspecified atom stereocenters. The normalized spacial score (nSPS) is 15.4. The molecule has 0 bridgehead atoms. The third kappa shape index (κ3) is 3.69. The number of benzene rings is 2. The van der Waals surface area contributed by atoms with Crippen LogP contribution in [-0.4, -0.2) is 45.3 Å². The molecule has 1 aliphatic heterocycles. The average molecular weight is 407 g/mol. The third-order valence-electron chi connectivity index (χ3n) is 5.55. The molecular weight excluding hydrogens is 382 g/mol. The summed E-state index contributed by atoms with van der Waals surface area (Å²) in [5.41, 5.74) is 4.27. The van der Waals surface area contributed by atoms with Gasteiger partial charge in [0.05, 0.1) is 18.0 Å². The third-order valence-corrected chi connectivity index (χ3v) is 5.55. The van der Waals surface area contributed by atoms with Gasteiger partial charge in [0.2, 0.25) is 5.91 Å². The van der Waals surface area contributed by atoms with E-state index in [9.17, 15) is 19.8 Å². The SMILES string of the molecule is CC(O)C(Nc1cccc2c1c1c(n2C(=O)Cc2ccccc2)CNCC1)C(=O)O. The van der Waals surface area contributed by atoms with E-state index in [1.807, 2.05) is 36.4 Å². The first-order valence-corrected chi connectivity index (χ1v) is 10.1. The molecule has 0 spiro atoms. The lowest BCUT2D eigenvalue weighted by Crippen LogP contribution is -2.39. The number of carbonyl (C=O) groups excluding carboxylic acids is 1. The summed E-state index contributed by atoms with van der Waals surface area (Å²) < 4.78 is 1.76. The summed E-state index contributed by atoms with van der Waals surface area (Å²) in [7, 11) is 0. The molecule has 1 aromatic heterocycles. The second-order valence-electron chi connectivity index (χ2n) is 7.64. The lowest BCUT2D eigenvalue weighted by Gasteiger charge is -2.20. The standard InChI is InChI=1S/C23H25N3O4/c1-14(27)22(23(29)30)25-17-8-5-9-18-21(17)16-10-11-24-13-19(16)26(18)20(28)12-15-6-3-2-4-7-15/h2-9,14,22,24-25,27H,10-13H2,1H3,(H,29,30). The van der Waals surface area contributed by atoms with Crippen molar-refractivity contribution in [1.82, 2.24) is 9.88 Å². The van der Waals surface area contributed by atoms with Crippen LogP contribution in [0.2, 0.25) is 0 Å². The number of nitrogens with one attached hydrogen (secondary N) is 2. The van der Waals surface area contributed by atoms with Crippen molar-refractivity contribution in [2.24, 2.45) is 0 Å². The number of aliphatic carboxylic acids is 1. The molecule has 2 heterocycles. The Bertz CT molecular complexity index is 1090. The zero-order valence-corrected chi connectivity index (χ0v) is 16.8. The lowest BCUT2D eigenvalue weighted by atomic mass is 10.0. The van der Waals surface area contributed by atoms with Crippen LogP contribution in [0.5, 0.6) is 0 Å². The minimum Gasteiger partial charge on any atom is -0.480 e. The molecule has 3 aromatic rings. The molecule has 0 amide bonds. The van der Waals surface area contributed by atoms with Crippen molar-refractivity contribution in [3.63, 3.8) is 0 Å². The van der Waals surface area contributed by atoms with Crippen molar-refractivity contribution in [3.05, 3.63) is 65.4 Å². The Labute approximate surface area is 174 Å². The second kappa shape index (κ2) is 8.30. The zero-order valence-electron chi connectivity index (χ0n) is 16.8. The molecule has 0 fully saturated rings. The summed E-state index contributed by atoms with van der Waals surface area (Å²) in [6.45, 7) is 2.80. The number of hydrogen-bond donors (Lipinski definition) is 4. The molecule has 7 nitrogen and oxygen atoms in total. The van der Waals surface area contributed by atoms with E-state index in [0.29, 0.717) is 12.2 Å². The summed E-state index contributed by atoms with van der Waals surface area (Å²) in [5.74, 6) is -1.16. The molecule has 0 saturated heterocycles. The van der Waals surface area contributed by atoms with Crippen LogP contribution in [0, 0.1) is 0 Å². The van der Waals surface area contributed by atoms with Crippen LogP contribution in [0.3, 0.4) is 0 Å². The first kappa shape index (κ1) is 20.1. The molecule has 7 heteroatoms. The van der Waals surface area contributed by atoms with E-state index < -0.39 is 18.1 Å². The number of carboxylic acids is 1. The summed E-state index contributed by atoms with van der Waals surface area (Å²) in [6, 6.07) is 14.0. The van der Waals surface area contributed by atoms with E-state index in [-0.39, 0.29) is 12.3 Å². The molecule has 4 N–H and O–H groups in total. The minimum atomic E-state index is -1.14. The number of aliphatic hydroxyl groups is 1. The van der Waals surface area contributed by atoms with E-state index in [4.69, 9.17) is 0 Å². The van der Waals surface area contributed by atoms with Crippen LogP contribution in [0.25, 0.3) is 10.9 Å². The highest BCUT2D eigenvalue weighted by molar-refractivity contribution is 6.03. The van der Waals surface area contributed by atoms with Crippen LogP contribution < -0.4 is 10.6 Å². The smallest absolute Gasteiger partial charge is 0.328 e. The van der Waals surface area contributed by atoms with Crippen molar-refractivity contribution in [3.8, 4) is 0 Å². The predicted octanol–water partition coefficient (Wildman–Crippen LogP) is 2.42. The van der Waals surface area contributed by atoms with Gasteiger partial charge in [0.25, 0.3) is 0 Å². The van der Waals surface area contributed by atoms with Gasteiger partial charge in [0, 0.05) is 23.3 Å². The van der Waals surface area contributed by atoms with E-state index >= 15 is 0 Å². The van der Waals surface area contributed by atoms with Gasteiger partial charge in [-0.1, -0.05) is 36.4 Å². The molecular formula is C23H25N3O4. The van der Waals surface area contributed by atoms with E-state index in [2.05, 4.69) is 10.6 Å². The van der Waals surface area contributed by atoms with Gasteiger partial charge < -0.3 is 20.8 Å². The first-order valence-electron chi connectivity index (χ1n) is 10.1. The molecule has 2 aromatic carbocycles. The maximum Gasteiger partial charge on any atom is 0.328 e. The Morgan fingerprint density at radius 2 is 1.93 bits per heavy atom. The number of hydrogen-bond acceptors (Lipinski definition) is 5. The fourth-order valence-electron chi connectivity index (χ4n) is 4.15. The summed E-state index contributed by atoms with van der Waals surface area (Å²) in [4.78, 5) is 24.9. The maximum atomic E-state index is 13.3. The monoisotopic (exact) mass is 407 g/mol. The fraction of sp³-hybridized carbons (Fsp3) is 0.304. The molecule has 30 heavy (non-hydrogen) atoms. The molecule has 4 rings (SSSR count). The number of nitrogens with zero attached hydrogens (tertiary/aromatic N) is 1. The lowest BCUT2D eigenvalue weighted by molar-refractivity contribution is -0.140. The van der Waals surface area contributed by atoms with Gasteiger partial charge in [-0.15, -0.1) is 0 Å². The Kier molecular flexibility index (Phi) is 5.57. The van der Waals surface area contributed by atoms with Crippen LogP contribution in [0.1, 0.15) is 28.5 Å². The Morgan fingerprint density at radius 3 is 2.63 bits per heavy atom. The number of carboxylic acid groups (broad SMARTS) is 1. The van der Waals surface area contributed by atoms with Crippen LogP contribution >= 0.6 is 0 Å². The maximum absolute atomic E-state index is 13.3. The number of fused-ring (bicyclic) bond motifs is 3. The van der Waals surface area contributed by atoms with E-state index in [1.54, 1.807) is 16.7 Å². The highest BCUT2D eigenvalue weighted by Gasteiger charge is 2.28. The Hall–Kier alpha value is -3.16. The van der Waals surface area contributed by atoms with Gasteiger partial charge in [0.1, 0.15) is 0 Å². The number of rotatable bonds is 6. The predicted molar refractivity (Wildman–Crippen MR) is 115 cm³/mol. The van der Waals surface area contributed by atoms with Gasteiger partial charge >= 0.3 is 5.97 Å². The average Bonchev–Trinajstić information content (AvgIpc) is 3.07. The Morgan fingerprint density at radius 1 is 1.17 bits per heavy atom. The van der Waals surface area contributed by atoms with Gasteiger partial charge in [-0.25, -0.2) is 4.79 Å². The molecule has 156 valence electrons. The largest absolute Gasteiger partial charge is 0.480 e. The van der Waals surface area contributed by atoms with Gasteiger partial charge in [-0.05, 0) is 43.1 Å². The summed E-state index contributed by atoms with van der Waals surface area (Å²) in [6.07, 6.45) is -0.0556. The van der Waals surface area contributed by atoms with Crippen LogP contribution in [0.15, 0.2) is 48.5 Å². The van der Waals surface area contributed by atoms with Crippen molar-refractivity contribution in [2.75, 3.05) is 11.9 Å². The van der Waals surface area contributed by atoms with Gasteiger partial charge in [-0.2, -0.15) is 0 Å². The number of aromatic nitrogens is 1. The van der Waals surface area contributed by atoms with Crippen molar-refractivity contribution in [2.45, 2.75) is 38.5 Å².